The lowest BCUT2D eigenvalue weighted by molar-refractivity contribution is -0.131. The van der Waals surface area contributed by atoms with Gasteiger partial charge in [0.05, 0.1) is 20.1 Å². The predicted molar refractivity (Wildman–Crippen MR) is 99.4 cm³/mol. The monoisotopic (exact) mass is 357 g/mol. The molecule has 1 fully saturated rings. The van der Waals surface area contributed by atoms with Crippen LogP contribution in [0.2, 0.25) is 0 Å². The van der Waals surface area contributed by atoms with Gasteiger partial charge in [-0.2, -0.15) is 0 Å². The molecule has 1 aromatic heterocycles. The normalized spacial score (nSPS) is 17.3. The maximum absolute atomic E-state index is 12.8. The molecule has 1 saturated heterocycles. The summed E-state index contributed by atoms with van der Waals surface area (Å²) in [6, 6.07) is 7.72. The van der Waals surface area contributed by atoms with E-state index >= 15 is 0 Å². The van der Waals surface area contributed by atoms with Gasteiger partial charge >= 0.3 is 0 Å². The molecule has 3 rings (SSSR count). The van der Waals surface area contributed by atoms with E-state index in [1.165, 1.54) is 0 Å². The third kappa shape index (κ3) is 4.43. The highest BCUT2D eigenvalue weighted by atomic mass is 16.5. The third-order valence-electron chi connectivity index (χ3n) is 4.91. The molecule has 0 aliphatic carbocycles. The summed E-state index contributed by atoms with van der Waals surface area (Å²) in [6.45, 7) is 3.00. The summed E-state index contributed by atoms with van der Waals surface area (Å²) in [4.78, 5) is 19.3. The molecule has 1 atom stereocenters. The van der Waals surface area contributed by atoms with Gasteiger partial charge < -0.3 is 18.9 Å². The average Bonchev–Trinajstić information content (AvgIpc) is 3.15. The van der Waals surface area contributed by atoms with Gasteiger partial charge in [-0.1, -0.05) is 12.1 Å². The Morgan fingerprint density at radius 2 is 2.23 bits per heavy atom. The molecule has 26 heavy (non-hydrogen) atoms. The second-order valence-electron chi connectivity index (χ2n) is 6.68. The summed E-state index contributed by atoms with van der Waals surface area (Å²) in [6.07, 6.45) is 6.30. The number of hydrogen-bond acceptors (Lipinski definition) is 4. The van der Waals surface area contributed by atoms with E-state index in [4.69, 9.17) is 9.47 Å². The van der Waals surface area contributed by atoms with Crippen molar-refractivity contribution < 1.29 is 14.3 Å². The van der Waals surface area contributed by atoms with Gasteiger partial charge in [0.2, 0.25) is 5.91 Å². The molecular weight excluding hydrogens is 330 g/mol. The standard InChI is InChI=1S/C20H27N3O3/c1-25-12-11-22-10-8-21-20(22)17-6-4-9-23(15-17)19(24)14-16-5-3-7-18(13-16)26-2/h3,5,7-8,10,13,17H,4,6,9,11-12,14-15H2,1-2H3/t17-/m1/s1. The molecule has 0 unspecified atom stereocenters. The van der Waals surface area contributed by atoms with Gasteiger partial charge in [0.15, 0.2) is 0 Å². The Morgan fingerprint density at radius 1 is 1.35 bits per heavy atom. The van der Waals surface area contributed by atoms with Crippen LogP contribution in [0.3, 0.4) is 0 Å². The van der Waals surface area contributed by atoms with Crippen LogP contribution < -0.4 is 4.74 Å². The summed E-state index contributed by atoms with van der Waals surface area (Å²) in [5, 5.41) is 0. The van der Waals surface area contributed by atoms with E-state index in [1.54, 1.807) is 14.2 Å². The van der Waals surface area contributed by atoms with Crippen molar-refractivity contribution in [2.75, 3.05) is 33.9 Å². The van der Waals surface area contributed by atoms with Gasteiger partial charge in [-0.05, 0) is 30.5 Å². The largest absolute Gasteiger partial charge is 0.497 e. The van der Waals surface area contributed by atoms with Gasteiger partial charge in [0.1, 0.15) is 11.6 Å². The number of hydrogen-bond donors (Lipinski definition) is 0. The average molecular weight is 357 g/mol. The quantitative estimate of drug-likeness (QED) is 0.764. The van der Waals surface area contributed by atoms with E-state index in [2.05, 4.69) is 9.55 Å². The van der Waals surface area contributed by atoms with Crippen molar-refractivity contribution in [3.63, 3.8) is 0 Å². The molecule has 0 spiro atoms. The Balaban J connectivity index is 1.64. The second kappa shape index (κ2) is 8.85. The van der Waals surface area contributed by atoms with Crippen LogP contribution in [0.15, 0.2) is 36.7 Å². The van der Waals surface area contributed by atoms with E-state index in [0.717, 1.165) is 49.6 Å². The molecule has 2 heterocycles. The Hall–Kier alpha value is -2.34. The first-order valence-corrected chi connectivity index (χ1v) is 9.12. The summed E-state index contributed by atoms with van der Waals surface area (Å²) < 4.78 is 12.6. The molecule has 1 aliphatic heterocycles. The molecule has 0 bridgehead atoms. The predicted octanol–water partition coefficient (Wildman–Crippen LogP) is 2.49. The molecule has 0 saturated carbocycles. The van der Waals surface area contributed by atoms with Crippen molar-refractivity contribution in [1.29, 1.82) is 0 Å². The maximum Gasteiger partial charge on any atom is 0.227 e. The van der Waals surface area contributed by atoms with Crippen LogP contribution in [0.25, 0.3) is 0 Å². The Kier molecular flexibility index (Phi) is 6.28. The Labute approximate surface area is 154 Å². The number of imidazole rings is 1. The lowest BCUT2D eigenvalue weighted by Crippen LogP contribution is -2.40. The number of rotatable bonds is 7. The molecule has 2 aromatic rings. The van der Waals surface area contributed by atoms with Crippen molar-refractivity contribution >= 4 is 5.91 Å². The number of likely N-dealkylation sites (tertiary alicyclic amines) is 1. The Bertz CT molecular complexity index is 729. The lowest BCUT2D eigenvalue weighted by atomic mass is 9.96. The van der Waals surface area contributed by atoms with Gasteiger partial charge in [0.25, 0.3) is 0 Å². The number of carbonyl (C=O) groups excluding carboxylic acids is 1. The van der Waals surface area contributed by atoms with Crippen molar-refractivity contribution in [1.82, 2.24) is 14.5 Å². The summed E-state index contributed by atoms with van der Waals surface area (Å²) >= 11 is 0. The maximum atomic E-state index is 12.8. The van der Waals surface area contributed by atoms with Crippen LogP contribution in [0.5, 0.6) is 5.75 Å². The van der Waals surface area contributed by atoms with Crippen LogP contribution in [-0.4, -0.2) is 54.3 Å². The summed E-state index contributed by atoms with van der Waals surface area (Å²) in [5.74, 6) is 2.29. The summed E-state index contributed by atoms with van der Waals surface area (Å²) in [5.41, 5.74) is 0.984. The van der Waals surface area contributed by atoms with Crippen LogP contribution in [0.1, 0.15) is 30.1 Å². The van der Waals surface area contributed by atoms with Crippen LogP contribution >= 0.6 is 0 Å². The number of ether oxygens (including phenoxy) is 2. The molecule has 1 aromatic carbocycles. The number of carbonyl (C=O) groups is 1. The zero-order chi connectivity index (χ0) is 18.4. The molecule has 0 radical (unpaired) electrons. The topological polar surface area (TPSA) is 56.6 Å². The van der Waals surface area contributed by atoms with Crippen molar-refractivity contribution in [3.05, 3.63) is 48.0 Å². The molecule has 6 nitrogen and oxygen atoms in total. The molecule has 6 heteroatoms. The zero-order valence-corrected chi connectivity index (χ0v) is 15.6. The lowest BCUT2D eigenvalue weighted by Gasteiger charge is -2.33. The van der Waals surface area contributed by atoms with Crippen LogP contribution in [0, 0.1) is 0 Å². The molecule has 140 valence electrons. The van der Waals surface area contributed by atoms with Crippen LogP contribution in [0.4, 0.5) is 0 Å². The first-order valence-electron chi connectivity index (χ1n) is 9.12. The molecule has 1 aliphatic rings. The minimum absolute atomic E-state index is 0.165. The number of piperidine rings is 1. The summed E-state index contributed by atoms with van der Waals surface area (Å²) in [7, 11) is 3.35. The fourth-order valence-corrected chi connectivity index (χ4v) is 3.54. The minimum Gasteiger partial charge on any atom is -0.497 e. The molecule has 0 N–H and O–H groups in total. The van der Waals surface area contributed by atoms with Gasteiger partial charge in [-0.15, -0.1) is 0 Å². The van der Waals surface area contributed by atoms with Crippen LogP contribution in [-0.2, 0) is 22.5 Å². The van der Waals surface area contributed by atoms with Gasteiger partial charge in [-0.3, -0.25) is 4.79 Å². The highest BCUT2D eigenvalue weighted by molar-refractivity contribution is 5.79. The van der Waals surface area contributed by atoms with Gasteiger partial charge in [0, 0.05) is 45.1 Å². The number of methoxy groups -OCH3 is 2. The SMILES string of the molecule is COCCn1ccnc1[C@@H]1CCCN(C(=O)Cc2cccc(OC)c2)C1. The zero-order valence-electron chi connectivity index (χ0n) is 15.6. The number of amides is 1. The van der Waals surface area contributed by atoms with E-state index in [1.807, 2.05) is 41.6 Å². The fraction of sp³-hybridized carbons (Fsp3) is 0.500. The first-order chi connectivity index (χ1) is 12.7. The Morgan fingerprint density at radius 3 is 3.04 bits per heavy atom. The highest BCUT2D eigenvalue weighted by Gasteiger charge is 2.27. The fourth-order valence-electron chi connectivity index (χ4n) is 3.54. The van der Waals surface area contributed by atoms with E-state index < -0.39 is 0 Å². The van der Waals surface area contributed by atoms with Crippen molar-refractivity contribution in [2.24, 2.45) is 0 Å². The molecule has 1 amide bonds. The first kappa shape index (κ1) is 18.5. The molecular formula is C20H27N3O3. The smallest absolute Gasteiger partial charge is 0.227 e. The minimum atomic E-state index is 0.165. The van der Waals surface area contributed by atoms with Crippen molar-refractivity contribution in [3.8, 4) is 5.75 Å². The number of benzene rings is 1. The van der Waals surface area contributed by atoms with E-state index in [9.17, 15) is 4.79 Å². The van der Waals surface area contributed by atoms with E-state index in [0.29, 0.717) is 13.0 Å². The third-order valence-corrected chi connectivity index (χ3v) is 4.91. The second-order valence-corrected chi connectivity index (χ2v) is 6.68. The number of aromatic nitrogens is 2. The van der Waals surface area contributed by atoms with Gasteiger partial charge in [-0.25, -0.2) is 4.98 Å². The highest BCUT2D eigenvalue weighted by Crippen LogP contribution is 2.26. The number of nitrogens with zero attached hydrogens (tertiary/aromatic N) is 3. The van der Waals surface area contributed by atoms with Crippen molar-refractivity contribution in [2.45, 2.75) is 31.7 Å². The van der Waals surface area contributed by atoms with E-state index in [-0.39, 0.29) is 11.8 Å².